The van der Waals surface area contributed by atoms with E-state index in [1.807, 2.05) is 18.2 Å². The highest BCUT2D eigenvalue weighted by Gasteiger charge is 2.32. The summed E-state index contributed by atoms with van der Waals surface area (Å²) < 4.78 is 53.9. The quantitative estimate of drug-likeness (QED) is 0.0512. The summed E-state index contributed by atoms with van der Waals surface area (Å²) in [5.41, 5.74) is 8.09. The summed E-state index contributed by atoms with van der Waals surface area (Å²) in [7, 11) is 1.70. The molecule has 18 nitrogen and oxygen atoms in total. The molecule has 1 saturated carbocycles. The highest BCUT2D eigenvalue weighted by atomic mass is 19.4. The van der Waals surface area contributed by atoms with E-state index in [9.17, 15) is 37.1 Å². The summed E-state index contributed by atoms with van der Waals surface area (Å²) in [6.07, 6.45) is 8.24. The number of ether oxygens (including phenoxy) is 1. The second-order valence-electron chi connectivity index (χ2n) is 16.3. The number of aromatic nitrogens is 6. The maximum atomic E-state index is 13.1. The normalized spacial score (nSPS) is 18.0. The van der Waals surface area contributed by atoms with Crippen LogP contribution in [0.25, 0.3) is 22.5 Å². The standard InChI is InChI=1S/C43H52F3N11O7/c1-55-34-20-26(9-12-32(34)57(42(55)62)33-13-14-36(58)53-40(33)61)6-2-4-18-63-19-5-3-16-48-22-27-7-10-29(11-8-27)56-23-30(37(54-56)38(47)59)51-39(60)31-24-64-41(52-31)28-15-17-49-35(21-28)50-25-43(44,45)46/h9,12,15,17,20-21,23-24,27,29,33,48H,2-8,10-11,13-14,16,18-19,22,25H2,1H3,(H2,47,59)(H,49,50)(H,51,60)(H,53,58,61)/t27-,29-,33?. The number of carbonyl (C=O) groups is 4. The van der Waals surface area contributed by atoms with E-state index in [0.29, 0.717) is 36.6 Å². The molecule has 4 amide bonds. The Bertz CT molecular complexity index is 2520. The lowest BCUT2D eigenvalue weighted by Gasteiger charge is -2.28. The molecule has 5 aromatic rings. The van der Waals surface area contributed by atoms with Crippen LogP contribution in [0.15, 0.2) is 58.2 Å². The van der Waals surface area contributed by atoms with Crippen molar-refractivity contribution in [3.05, 3.63) is 76.4 Å². The van der Waals surface area contributed by atoms with E-state index in [-0.39, 0.29) is 52.8 Å². The Hall–Kier alpha value is -6.35. The van der Waals surface area contributed by atoms with Crippen molar-refractivity contribution in [3.8, 4) is 11.5 Å². The van der Waals surface area contributed by atoms with E-state index in [2.05, 4.69) is 36.3 Å². The molecule has 0 bridgehead atoms. The van der Waals surface area contributed by atoms with Crippen molar-refractivity contribution in [1.29, 1.82) is 0 Å². The lowest BCUT2D eigenvalue weighted by atomic mass is 9.86. The predicted octanol–water partition coefficient (Wildman–Crippen LogP) is 5.03. The number of anilines is 2. The summed E-state index contributed by atoms with van der Waals surface area (Å²) in [6.45, 7) is 1.87. The average Bonchev–Trinajstić information content (AvgIpc) is 4.00. The molecule has 7 rings (SSSR count). The monoisotopic (exact) mass is 891 g/mol. The molecule has 1 aliphatic carbocycles. The Balaban J connectivity index is 0.768. The number of fused-ring (bicyclic) bond motifs is 1. The maximum Gasteiger partial charge on any atom is 0.405 e. The van der Waals surface area contributed by atoms with Crippen LogP contribution >= 0.6 is 0 Å². The summed E-state index contributed by atoms with van der Waals surface area (Å²) in [5, 5.41) is 15.1. The third-order valence-corrected chi connectivity index (χ3v) is 11.6. The molecular weight excluding hydrogens is 840 g/mol. The Morgan fingerprint density at radius 2 is 1.78 bits per heavy atom. The summed E-state index contributed by atoms with van der Waals surface area (Å²) >= 11 is 0. The van der Waals surface area contributed by atoms with Gasteiger partial charge in [0.1, 0.15) is 24.7 Å². The van der Waals surface area contributed by atoms with Crippen molar-refractivity contribution in [2.75, 3.05) is 43.5 Å². The number of hydrogen-bond acceptors (Lipinski definition) is 12. The average molecular weight is 892 g/mol. The number of imidazole rings is 1. The number of benzene rings is 1. The van der Waals surface area contributed by atoms with Crippen LogP contribution in [0, 0.1) is 5.92 Å². The molecule has 1 aromatic carbocycles. The third-order valence-electron chi connectivity index (χ3n) is 11.6. The van der Waals surface area contributed by atoms with E-state index in [1.54, 1.807) is 22.5 Å². The van der Waals surface area contributed by atoms with E-state index in [1.165, 1.54) is 22.9 Å². The van der Waals surface area contributed by atoms with Crippen molar-refractivity contribution in [2.24, 2.45) is 18.7 Å². The number of nitrogens with two attached hydrogens (primary N) is 1. The van der Waals surface area contributed by atoms with Crippen molar-refractivity contribution < 1.29 is 41.5 Å². The van der Waals surface area contributed by atoms with Gasteiger partial charge in [-0.05, 0) is 113 Å². The van der Waals surface area contributed by atoms with Crippen LogP contribution in [0.3, 0.4) is 0 Å². The number of primary amides is 1. The molecule has 342 valence electrons. The van der Waals surface area contributed by atoms with Gasteiger partial charge in [0.05, 0.1) is 22.8 Å². The van der Waals surface area contributed by atoms with Gasteiger partial charge in [-0.25, -0.2) is 14.8 Å². The minimum absolute atomic E-state index is 0.0132. The number of imide groups is 1. The highest BCUT2D eigenvalue weighted by molar-refractivity contribution is 6.07. The Morgan fingerprint density at radius 1 is 1.00 bits per heavy atom. The number of aryl methyl sites for hydroxylation is 2. The molecule has 1 saturated heterocycles. The number of hydrogen-bond donors (Lipinski definition) is 5. The largest absolute Gasteiger partial charge is 0.444 e. The Kier molecular flexibility index (Phi) is 14.6. The predicted molar refractivity (Wildman–Crippen MR) is 228 cm³/mol. The Morgan fingerprint density at radius 3 is 2.53 bits per heavy atom. The molecule has 6 N–H and O–H groups in total. The fourth-order valence-corrected chi connectivity index (χ4v) is 8.20. The zero-order valence-electron chi connectivity index (χ0n) is 35.4. The number of piperidine rings is 1. The number of unbranched alkanes of at least 4 members (excludes halogenated alkanes) is 2. The number of alkyl halides is 3. The van der Waals surface area contributed by atoms with Gasteiger partial charge in [0.15, 0.2) is 11.4 Å². The van der Waals surface area contributed by atoms with E-state index >= 15 is 0 Å². The number of amides is 4. The molecule has 1 atom stereocenters. The number of nitrogens with one attached hydrogen (secondary N) is 4. The van der Waals surface area contributed by atoms with Crippen LogP contribution < -0.4 is 32.7 Å². The van der Waals surface area contributed by atoms with Gasteiger partial charge in [-0.2, -0.15) is 18.3 Å². The lowest BCUT2D eigenvalue weighted by molar-refractivity contribution is -0.135. The van der Waals surface area contributed by atoms with Gasteiger partial charge in [-0.15, -0.1) is 0 Å². The molecule has 2 fully saturated rings. The van der Waals surface area contributed by atoms with Gasteiger partial charge < -0.3 is 30.8 Å². The number of halogens is 3. The molecule has 1 unspecified atom stereocenters. The number of pyridine rings is 1. The first-order chi connectivity index (χ1) is 30.7. The fourth-order valence-electron chi connectivity index (χ4n) is 8.20. The van der Waals surface area contributed by atoms with Gasteiger partial charge in [-0.3, -0.25) is 38.3 Å². The molecule has 1 aliphatic heterocycles. The SMILES string of the molecule is Cn1c(=O)n(C2CCC(=O)NC2=O)c2ccc(CCCCOCCCCNC[C@H]3CC[C@H](n4cc(NC(=O)c5coc(-c6ccnc(NCC(F)(F)F)c6)n5)c(C(N)=O)n4)CC3)cc21. The lowest BCUT2D eigenvalue weighted by Crippen LogP contribution is -2.44. The maximum absolute atomic E-state index is 13.1. The molecular formula is C43H52F3N11O7. The molecule has 0 spiro atoms. The van der Waals surface area contributed by atoms with Crippen LogP contribution in [0.5, 0.6) is 0 Å². The summed E-state index contributed by atoms with van der Waals surface area (Å²) in [4.78, 5) is 70.5. The second-order valence-corrected chi connectivity index (χ2v) is 16.3. The van der Waals surface area contributed by atoms with E-state index < -0.39 is 36.5 Å². The first-order valence-corrected chi connectivity index (χ1v) is 21.5. The Labute approximate surface area is 365 Å². The fraction of sp³-hybridized carbons (Fsp3) is 0.488. The molecule has 0 radical (unpaired) electrons. The number of nitrogens with zero attached hydrogens (tertiary/aromatic N) is 6. The third kappa shape index (κ3) is 11.4. The first kappa shape index (κ1) is 45.7. The molecule has 64 heavy (non-hydrogen) atoms. The van der Waals surface area contributed by atoms with Crippen molar-refractivity contribution >= 4 is 46.2 Å². The summed E-state index contributed by atoms with van der Waals surface area (Å²) in [5.74, 6) is -1.83. The minimum atomic E-state index is -4.43. The van der Waals surface area contributed by atoms with Crippen LogP contribution in [0.1, 0.15) is 103 Å². The van der Waals surface area contributed by atoms with Crippen LogP contribution in [0.4, 0.5) is 24.7 Å². The molecule has 21 heteroatoms. The van der Waals surface area contributed by atoms with Crippen LogP contribution in [0.2, 0.25) is 0 Å². The van der Waals surface area contributed by atoms with Crippen molar-refractivity contribution in [3.63, 3.8) is 0 Å². The molecule has 2 aliphatic rings. The molecule has 4 aromatic heterocycles. The van der Waals surface area contributed by atoms with Gasteiger partial charge in [0, 0.05) is 44.6 Å². The second kappa shape index (κ2) is 20.4. The highest BCUT2D eigenvalue weighted by Crippen LogP contribution is 2.33. The van der Waals surface area contributed by atoms with Crippen molar-refractivity contribution in [1.82, 2.24) is 39.5 Å². The van der Waals surface area contributed by atoms with Crippen LogP contribution in [-0.4, -0.2) is 91.5 Å². The number of rotatable bonds is 20. The zero-order chi connectivity index (χ0) is 45.4. The topological polar surface area (TPSA) is 235 Å². The van der Waals surface area contributed by atoms with Crippen LogP contribution in [-0.2, 0) is 27.8 Å². The smallest absolute Gasteiger partial charge is 0.405 e. The van der Waals surface area contributed by atoms with Gasteiger partial charge in [0.25, 0.3) is 11.8 Å². The molecule has 5 heterocycles. The minimum Gasteiger partial charge on any atom is -0.444 e. The number of carbonyl (C=O) groups excluding carboxylic acids is 4. The zero-order valence-corrected chi connectivity index (χ0v) is 35.4. The van der Waals surface area contributed by atoms with Gasteiger partial charge >= 0.3 is 11.9 Å². The van der Waals surface area contributed by atoms with E-state index in [4.69, 9.17) is 14.9 Å². The number of oxazole rings is 1. The first-order valence-electron chi connectivity index (χ1n) is 21.5. The summed E-state index contributed by atoms with van der Waals surface area (Å²) in [6, 6.07) is 7.97. The van der Waals surface area contributed by atoms with Gasteiger partial charge in [-0.1, -0.05) is 6.07 Å². The van der Waals surface area contributed by atoms with E-state index in [0.717, 1.165) is 88.2 Å². The van der Waals surface area contributed by atoms with Crippen molar-refractivity contribution in [2.45, 2.75) is 88.9 Å². The van der Waals surface area contributed by atoms with Gasteiger partial charge in [0.2, 0.25) is 17.7 Å².